The van der Waals surface area contributed by atoms with Crippen LogP contribution in [0.2, 0.25) is 0 Å². The molecular weight excluding hydrogens is 282 g/mol. The van der Waals surface area contributed by atoms with Crippen molar-refractivity contribution in [1.29, 1.82) is 0 Å². The highest BCUT2D eigenvalue weighted by Gasteiger charge is 2.55. The molecule has 0 bridgehead atoms. The normalized spacial score (nSPS) is 17.8. The summed E-state index contributed by atoms with van der Waals surface area (Å²) in [5.41, 5.74) is 1.63. The van der Waals surface area contributed by atoms with Gasteiger partial charge in [-0.2, -0.15) is 0 Å². The van der Waals surface area contributed by atoms with Crippen molar-refractivity contribution in [2.75, 3.05) is 31.2 Å². The Labute approximate surface area is 130 Å². The highest BCUT2D eigenvalue weighted by molar-refractivity contribution is 6.08. The van der Waals surface area contributed by atoms with E-state index in [1.807, 2.05) is 12.1 Å². The van der Waals surface area contributed by atoms with Crippen molar-refractivity contribution in [3.8, 4) is 0 Å². The van der Waals surface area contributed by atoms with E-state index in [2.05, 4.69) is 11.0 Å². The van der Waals surface area contributed by atoms with Gasteiger partial charge in [-0.15, -0.1) is 0 Å². The average molecular weight is 303 g/mol. The molecule has 1 aromatic rings. The van der Waals surface area contributed by atoms with Gasteiger partial charge in [0.05, 0.1) is 13.2 Å². The van der Waals surface area contributed by atoms with E-state index in [9.17, 15) is 9.59 Å². The summed E-state index contributed by atoms with van der Waals surface area (Å²) in [4.78, 5) is 27.6. The van der Waals surface area contributed by atoms with Crippen molar-refractivity contribution in [1.82, 2.24) is 0 Å². The molecule has 5 heteroatoms. The topological polar surface area (TPSA) is 55.8 Å². The number of ether oxygens (including phenoxy) is 2. The van der Waals surface area contributed by atoms with Crippen LogP contribution in [-0.2, 0) is 30.9 Å². The molecule has 5 nitrogen and oxygen atoms in total. The third-order valence-electron chi connectivity index (χ3n) is 4.55. The Hall–Kier alpha value is -2.04. The number of nitrogens with zero attached hydrogens (tertiary/aromatic N) is 1. The van der Waals surface area contributed by atoms with Crippen molar-refractivity contribution >= 4 is 17.6 Å². The molecular formula is C17H21NO4. The Morgan fingerprint density at radius 1 is 1.14 bits per heavy atom. The maximum absolute atomic E-state index is 12.7. The van der Waals surface area contributed by atoms with Gasteiger partial charge in [-0.05, 0) is 32.3 Å². The Morgan fingerprint density at radius 3 is 2.45 bits per heavy atom. The number of hydrogen-bond donors (Lipinski definition) is 0. The first kappa shape index (κ1) is 14.9. The molecule has 0 aliphatic carbocycles. The summed E-state index contributed by atoms with van der Waals surface area (Å²) >= 11 is 0. The molecule has 0 radical (unpaired) electrons. The van der Waals surface area contributed by atoms with Crippen molar-refractivity contribution in [2.24, 2.45) is 0 Å². The molecule has 2 aliphatic rings. The monoisotopic (exact) mass is 303 g/mol. The van der Waals surface area contributed by atoms with Crippen LogP contribution in [0.25, 0.3) is 0 Å². The molecule has 0 spiro atoms. The lowest BCUT2D eigenvalue weighted by Gasteiger charge is -2.38. The second-order valence-corrected chi connectivity index (χ2v) is 5.65. The maximum Gasteiger partial charge on any atom is 0.328 e. The summed E-state index contributed by atoms with van der Waals surface area (Å²) < 4.78 is 10.5. The Morgan fingerprint density at radius 2 is 1.82 bits per heavy atom. The van der Waals surface area contributed by atoms with Crippen molar-refractivity contribution in [3.05, 3.63) is 29.3 Å². The zero-order valence-corrected chi connectivity index (χ0v) is 13.1. The summed E-state index contributed by atoms with van der Waals surface area (Å²) in [6, 6.07) is 5.84. The number of hydrogen-bond acceptors (Lipinski definition) is 5. The molecule has 0 saturated heterocycles. The number of para-hydroxylation sites is 1. The first-order valence-electron chi connectivity index (χ1n) is 7.87. The molecule has 0 fully saturated rings. The summed E-state index contributed by atoms with van der Waals surface area (Å²) in [7, 11) is 0. The van der Waals surface area contributed by atoms with Gasteiger partial charge in [0.1, 0.15) is 0 Å². The van der Waals surface area contributed by atoms with E-state index < -0.39 is 17.4 Å². The first-order valence-corrected chi connectivity index (χ1v) is 7.87. The van der Waals surface area contributed by atoms with Gasteiger partial charge in [0.25, 0.3) is 0 Å². The van der Waals surface area contributed by atoms with Crippen molar-refractivity contribution < 1.29 is 19.1 Å². The molecule has 0 unspecified atom stereocenters. The largest absolute Gasteiger partial charge is 0.465 e. The third-order valence-corrected chi connectivity index (χ3v) is 4.55. The van der Waals surface area contributed by atoms with Gasteiger partial charge in [0.15, 0.2) is 5.41 Å². The van der Waals surface area contributed by atoms with Crippen LogP contribution in [0, 0.1) is 0 Å². The molecule has 0 N–H and O–H groups in total. The quantitative estimate of drug-likeness (QED) is 0.627. The Balaban J connectivity index is 2.16. The van der Waals surface area contributed by atoms with Crippen LogP contribution in [0.1, 0.15) is 31.4 Å². The molecule has 0 amide bonds. The molecule has 0 atom stereocenters. The minimum atomic E-state index is -1.32. The van der Waals surface area contributed by atoms with E-state index in [0.29, 0.717) is 13.0 Å². The second-order valence-electron chi connectivity index (χ2n) is 5.65. The van der Waals surface area contributed by atoms with E-state index in [1.165, 1.54) is 5.56 Å². The lowest BCUT2D eigenvalue weighted by Crippen LogP contribution is -2.51. The predicted molar refractivity (Wildman–Crippen MR) is 81.9 cm³/mol. The predicted octanol–water partition coefficient (Wildman–Crippen LogP) is 1.82. The van der Waals surface area contributed by atoms with Gasteiger partial charge in [-0.25, -0.2) is 0 Å². The minimum Gasteiger partial charge on any atom is -0.465 e. The lowest BCUT2D eigenvalue weighted by atomic mass is 9.73. The van der Waals surface area contributed by atoms with E-state index in [-0.39, 0.29) is 13.2 Å². The minimum absolute atomic E-state index is 0.249. The Bertz CT molecular complexity index is 593. The zero-order chi connectivity index (χ0) is 15.7. The third kappa shape index (κ3) is 1.99. The number of carbonyl (C=O) groups excluding carboxylic acids is 2. The average Bonchev–Trinajstić information content (AvgIpc) is 2.93. The number of rotatable bonds is 4. The van der Waals surface area contributed by atoms with Crippen LogP contribution in [0.3, 0.4) is 0 Å². The Kier molecular flexibility index (Phi) is 3.81. The standard InChI is InChI=1S/C17H21NO4/c1-3-21-15(19)17(16(20)22-4-2)9-11-18-10-8-12-6-5-7-13(17)14(12)18/h5-7H,3-4,8-11H2,1-2H3. The number of benzene rings is 1. The van der Waals surface area contributed by atoms with Gasteiger partial charge in [0, 0.05) is 24.3 Å². The zero-order valence-electron chi connectivity index (χ0n) is 13.1. The molecule has 2 aliphatic heterocycles. The fourth-order valence-electron chi connectivity index (χ4n) is 3.56. The van der Waals surface area contributed by atoms with Gasteiger partial charge >= 0.3 is 11.9 Å². The van der Waals surface area contributed by atoms with Gasteiger partial charge in [-0.1, -0.05) is 18.2 Å². The van der Waals surface area contributed by atoms with Crippen molar-refractivity contribution in [3.63, 3.8) is 0 Å². The molecule has 1 aromatic carbocycles. The van der Waals surface area contributed by atoms with Crippen LogP contribution in [0.5, 0.6) is 0 Å². The molecule has 118 valence electrons. The summed E-state index contributed by atoms with van der Waals surface area (Å²) in [5, 5.41) is 0. The number of esters is 2. The molecule has 3 rings (SSSR count). The number of anilines is 1. The molecule has 0 saturated carbocycles. The second kappa shape index (κ2) is 5.63. The summed E-state index contributed by atoms with van der Waals surface area (Å²) in [6.07, 6.45) is 1.35. The lowest BCUT2D eigenvalue weighted by molar-refractivity contribution is -0.165. The molecule has 0 aromatic heterocycles. The van der Waals surface area contributed by atoms with Crippen LogP contribution < -0.4 is 4.90 Å². The smallest absolute Gasteiger partial charge is 0.328 e. The van der Waals surface area contributed by atoms with E-state index in [1.54, 1.807) is 13.8 Å². The van der Waals surface area contributed by atoms with Crippen molar-refractivity contribution in [2.45, 2.75) is 32.1 Å². The highest BCUT2D eigenvalue weighted by atomic mass is 16.6. The van der Waals surface area contributed by atoms with E-state index in [4.69, 9.17) is 9.47 Å². The molecule has 2 heterocycles. The van der Waals surface area contributed by atoms with Gasteiger partial charge in [-0.3, -0.25) is 9.59 Å². The molecule has 22 heavy (non-hydrogen) atoms. The summed E-state index contributed by atoms with van der Waals surface area (Å²) in [6.45, 7) is 5.61. The van der Waals surface area contributed by atoms with Gasteiger partial charge in [0.2, 0.25) is 0 Å². The van der Waals surface area contributed by atoms with E-state index in [0.717, 1.165) is 24.2 Å². The highest BCUT2D eigenvalue weighted by Crippen LogP contribution is 2.46. The van der Waals surface area contributed by atoms with Crippen LogP contribution in [-0.4, -0.2) is 38.2 Å². The number of carbonyl (C=O) groups is 2. The summed E-state index contributed by atoms with van der Waals surface area (Å²) in [5.74, 6) is -0.984. The first-order chi connectivity index (χ1) is 10.6. The van der Waals surface area contributed by atoms with Gasteiger partial charge < -0.3 is 14.4 Å². The maximum atomic E-state index is 12.7. The van der Waals surface area contributed by atoms with Crippen LogP contribution >= 0.6 is 0 Å². The SMILES string of the molecule is CCOC(=O)C1(C(=O)OCC)CCN2CCc3cccc1c32. The van der Waals surface area contributed by atoms with Crippen LogP contribution in [0.4, 0.5) is 5.69 Å². The fourth-order valence-corrected chi connectivity index (χ4v) is 3.56. The van der Waals surface area contributed by atoms with Crippen LogP contribution in [0.15, 0.2) is 18.2 Å². The van der Waals surface area contributed by atoms with E-state index >= 15 is 0 Å². The fraction of sp³-hybridized carbons (Fsp3) is 0.529.